The summed E-state index contributed by atoms with van der Waals surface area (Å²) in [4.78, 5) is 13.3. The van der Waals surface area contributed by atoms with E-state index in [1.807, 2.05) is 6.92 Å². The first-order valence-corrected chi connectivity index (χ1v) is 6.19. The summed E-state index contributed by atoms with van der Waals surface area (Å²) < 4.78 is 13.1. The van der Waals surface area contributed by atoms with Gasteiger partial charge in [-0.3, -0.25) is 0 Å². The molecule has 0 unspecified atom stereocenters. The van der Waals surface area contributed by atoms with Crippen LogP contribution >= 0.6 is 0 Å². The van der Waals surface area contributed by atoms with Gasteiger partial charge in [-0.05, 0) is 24.1 Å². The molecule has 0 fully saturated rings. The van der Waals surface area contributed by atoms with E-state index in [0.717, 1.165) is 6.42 Å². The van der Waals surface area contributed by atoms with Crippen molar-refractivity contribution in [3.05, 3.63) is 29.6 Å². The smallest absolute Gasteiger partial charge is 0.317 e. The first-order valence-electron chi connectivity index (χ1n) is 6.19. The van der Waals surface area contributed by atoms with Crippen LogP contribution in [0.2, 0.25) is 0 Å². The van der Waals surface area contributed by atoms with Gasteiger partial charge >= 0.3 is 6.03 Å². The molecule has 0 radical (unpaired) electrons. The highest BCUT2D eigenvalue weighted by Gasteiger charge is 2.11. The molecule has 0 aliphatic rings. The van der Waals surface area contributed by atoms with Gasteiger partial charge in [0.05, 0.1) is 6.61 Å². The maximum Gasteiger partial charge on any atom is 0.317 e. The molecule has 0 spiro atoms. The molecule has 0 aromatic heterocycles. The summed E-state index contributed by atoms with van der Waals surface area (Å²) in [5, 5.41) is 20.6. The average Bonchev–Trinajstić information content (AvgIpc) is 2.39. The second kappa shape index (κ2) is 7.58. The molecule has 1 aromatic carbocycles. The summed E-state index contributed by atoms with van der Waals surface area (Å²) in [5.41, 5.74) is 0.559. The van der Waals surface area contributed by atoms with Gasteiger partial charge in [-0.15, -0.1) is 0 Å². The fourth-order valence-electron chi connectivity index (χ4n) is 1.66. The first-order chi connectivity index (χ1) is 9.08. The maximum absolute atomic E-state index is 13.1. The number of rotatable bonds is 6. The molecule has 0 saturated carbocycles. The minimum absolute atomic E-state index is 0.0960. The molecule has 2 amide bonds. The lowest BCUT2D eigenvalue weighted by atomic mass is 10.2. The Morgan fingerprint density at radius 3 is 2.74 bits per heavy atom. The van der Waals surface area contributed by atoms with Crippen LogP contribution in [0.3, 0.4) is 0 Å². The molecule has 0 saturated heterocycles. The van der Waals surface area contributed by atoms with Crippen LogP contribution in [0.15, 0.2) is 18.2 Å². The number of nitrogens with one attached hydrogen (secondary N) is 1. The highest BCUT2D eigenvalue weighted by atomic mass is 19.1. The zero-order chi connectivity index (χ0) is 14.3. The lowest BCUT2D eigenvalue weighted by Gasteiger charge is -2.21. The number of urea groups is 1. The number of nitrogens with zero attached hydrogens (tertiary/aromatic N) is 1. The monoisotopic (exact) mass is 270 g/mol. The van der Waals surface area contributed by atoms with Crippen LogP contribution < -0.4 is 5.32 Å². The quantitative estimate of drug-likeness (QED) is 0.732. The SMILES string of the molecule is CCCN(CCO)C(=O)NCc1ccc(O)c(F)c1. The Balaban J connectivity index is 2.54. The van der Waals surface area contributed by atoms with Crippen LogP contribution in [-0.2, 0) is 6.54 Å². The molecule has 5 nitrogen and oxygen atoms in total. The van der Waals surface area contributed by atoms with Gasteiger partial charge in [0.2, 0.25) is 0 Å². The molecule has 0 aliphatic carbocycles. The Bertz CT molecular complexity index is 420. The zero-order valence-electron chi connectivity index (χ0n) is 10.9. The summed E-state index contributed by atoms with van der Waals surface area (Å²) in [6.07, 6.45) is 0.793. The van der Waals surface area contributed by atoms with Gasteiger partial charge < -0.3 is 20.4 Å². The molecular weight excluding hydrogens is 251 g/mol. The van der Waals surface area contributed by atoms with Crippen molar-refractivity contribution in [3.63, 3.8) is 0 Å². The number of halogens is 1. The Morgan fingerprint density at radius 1 is 1.42 bits per heavy atom. The number of hydrogen-bond donors (Lipinski definition) is 3. The number of aliphatic hydroxyl groups is 1. The number of phenolic OH excluding ortho intramolecular Hbond substituents is 1. The van der Waals surface area contributed by atoms with Crippen molar-refractivity contribution in [3.8, 4) is 5.75 Å². The third-order valence-corrected chi connectivity index (χ3v) is 2.61. The molecule has 1 aromatic rings. The summed E-state index contributed by atoms with van der Waals surface area (Å²) in [6, 6.07) is 3.65. The van der Waals surface area contributed by atoms with Crippen molar-refractivity contribution in [1.29, 1.82) is 0 Å². The molecule has 106 valence electrons. The van der Waals surface area contributed by atoms with E-state index in [2.05, 4.69) is 5.32 Å². The van der Waals surface area contributed by atoms with Crippen molar-refractivity contribution >= 4 is 6.03 Å². The minimum atomic E-state index is -0.715. The molecule has 6 heteroatoms. The Kier molecular flexibility index (Phi) is 6.08. The third kappa shape index (κ3) is 4.75. The highest BCUT2D eigenvalue weighted by molar-refractivity contribution is 5.74. The standard InChI is InChI=1S/C13H19FN2O3/c1-2-5-16(6-7-17)13(19)15-9-10-3-4-12(18)11(14)8-10/h3-4,8,17-18H,2,5-7,9H2,1H3,(H,15,19). The number of carbonyl (C=O) groups is 1. The van der Waals surface area contributed by atoms with Crippen LogP contribution in [0.25, 0.3) is 0 Å². The predicted molar refractivity (Wildman–Crippen MR) is 69.3 cm³/mol. The van der Waals surface area contributed by atoms with E-state index in [1.54, 1.807) is 0 Å². The molecule has 1 rings (SSSR count). The van der Waals surface area contributed by atoms with Gasteiger partial charge in [-0.2, -0.15) is 0 Å². The fourth-order valence-corrected chi connectivity index (χ4v) is 1.66. The van der Waals surface area contributed by atoms with Crippen molar-refractivity contribution in [1.82, 2.24) is 10.2 Å². The summed E-state index contributed by atoms with van der Waals surface area (Å²) >= 11 is 0. The second-order valence-corrected chi connectivity index (χ2v) is 4.16. The van der Waals surface area contributed by atoms with E-state index >= 15 is 0 Å². The number of phenols is 1. The van der Waals surface area contributed by atoms with Crippen LogP contribution in [0.5, 0.6) is 5.75 Å². The predicted octanol–water partition coefficient (Wildman–Crippen LogP) is 1.45. The maximum atomic E-state index is 13.1. The van der Waals surface area contributed by atoms with Crippen molar-refractivity contribution in [2.24, 2.45) is 0 Å². The van der Waals surface area contributed by atoms with Gasteiger partial charge in [0.15, 0.2) is 11.6 Å². The van der Waals surface area contributed by atoms with E-state index in [1.165, 1.54) is 23.1 Å². The van der Waals surface area contributed by atoms with Crippen LogP contribution in [-0.4, -0.2) is 40.8 Å². The van der Waals surface area contributed by atoms with Gasteiger partial charge in [0, 0.05) is 19.6 Å². The minimum Gasteiger partial charge on any atom is -0.505 e. The van der Waals surface area contributed by atoms with Crippen LogP contribution in [0, 0.1) is 5.82 Å². The molecule has 3 N–H and O–H groups in total. The second-order valence-electron chi connectivity index (χ2n) is 4.16. The Morgan fingerprint density at radius 2 is 2.16 bits per heavy atom. The molecule has 0 aliphatic heterocycles. The Labute approximate surface area is 111 Å². The number of aromatic hydroxyl groups is 1. The summed E-state index contributed by atoms with van der Waals surface area (Å²) in [6.45, 7) is 2.83. The number of hydrogen-bond acceptors (Lipinski definition) is 3. The number of aliphatic hydroxyl groups excluding tert-OH is 1. The molecule has 19 heavy (non-hydrogen) atoms. The van der Waals surface area contributed by atoms with Crippen LogP contribution in [0.4, 0.5) is 9.18 Å². The van der Waals surface area contributed by atoms with Crippen LogP contribution in [0.1, 0.15) is 18.9 Å². The first kappa shape index (κ1) is 15.2. The number of carbonyl (C=O) groups excluding carboxylic acids is 1. The van der Waals surface area contributed by atoms with Gasteiger partial charge in [0.25, 0.3) is 0 Å². The fraction of sp³-hybridized carbons (Fsp3) is 0.462. The van der Waals surface area contributed by atoms with Crippen molar-refractivity contribution < 1.29 is 19.4 Å². The normalized spacial score (nSPS) is 10.3. The summed E-state index contributed by atoms with van der Waals surface area (Å²) in [5.74, 6) is -1.13. The van der Waals surface area contributed by atoms with Gasteiger partial charge in [0.1, 0.15) is 0 Å². The van der Waals surface area contributed by atoms with Crippen molar-refractivity contribution in [2.45, 2.75) is 19.9 Å². The highest BCUT2D eigenvalue weighted by Crippen LogP contribution is 2.15. The zero-order valence-corrected chi connectivity index (χ0v) is 10.9. The lowest BCUT2D eigenvalue weighted by molar-refractivity contribution is 0.177. The van der Waals surface area contributed by atoms with Gasteiger partial charge in [-0.1, -0.05) is 13.0 Å². The van der Waals surface area contributed by atoms with Gasteiger partial charge in [-0.25, -0.2) is 9.18 Å². The summed E-state index contributed by atoms with van der Waals surface area (Å²) in [7, 11) is 0. The molecule has 0 heterocycles. The van der Waals surface area contributed by atoms with E-state index in [4.69, 9.17) is 10.2 Å². The van der Waals surface area contributed by atoms with E-state index in [0.29, 0.717) is 12.1 Å². The largest absolute Gasteiger partial charge is 0.505 e. The van der Waals surface area contributed by atoms with Crippen molar-refractivity contribution in [2.75, 3.05) is 19.7 Å². The Hall–Kier alpha value is -1.82. The van der Waals surface area contributed by atoms with E-state index in [9.17, 15) is 9.18 Å². The average molecular weight is 270 g/mol. The van der Waals surface area contributed by atoms with E-state index in [-0.39, 0.29) is 25.7 Å². The lowest BCUT2D eigenvalue weighted by Crippen LogP contribution is -2.41. The molecule has 0 atom stereocenters. The number of benzene rings is 1. The number of amides is 2. The molecular formula is C13H19FN2O3. The van der Waals surface area contributed by atoms with E-state index < -0.39 is 11.6 Å². The molecule has 0 bridgehead atoms. The third-order valence-electron chi connectivity index (χ3n) is 2.61. The topological polar surface area (TPSA) is 72.8 Å².